The fourth-order valence-corrected chi connectivity index (χ4v) is 4.58. The first kappa shape index (κ1) is 25.7. The normalized spacial score (nSPS) is 17.2. The first-order valence-corrected chi connectivity index (χ1v) is 12.1. The molecule has 0 saturated carbocycles. The summed E-state index contributed by atoms with van der Waals surface area (Å²) in [6.45, 7) is 5.75. The van der Waals surface area contributed by atoms with Crippen LogP contribution in [0.25, 0.3) is 11.6 Å². The zero-order valence-corrected chi connectivity index (χ0v) is 21.9. The Morgan fingerprint density at radius 2 is 1.72 bits per heavy atom. The Labute approximate surface area is 220 Å². The molecule has 1 unspecified atom stereocenters. The van der Waals surface area contributed by atoms with Crippen molar-refractivity contribution in [3.05, 3.63) is 87.7 Å². The molecule has 0 spiro atoms. The first-order valence-electron chi connectivity index (χ1n) is 11.3. The number of rotatable bonds is 5. The number of carbonyl (C=O) groups is 2. The van der Waals surface area contributed by atoms with Gasteiger partial charge < -0.3 is 10.1 Å². The SMILES string of the molecule is CC(C)(C)OC(=O)NCc1ccc(N[N+]2(C)C(=O)C(c3c(Cl)cccc3Cl)=Cc3cnccc32)cc1. The van der Waals surface area contributed by atoms with Crippen LogP contribution in [0.15, 0.2) is 60.9 Å². The molecular formula is C27H27Cl2N4O3+. The summed E-state index contributed by atoms with van der Waals surface area (Å²) < 4.78 is 5.02. The van der Waals surface area contributed by atoms with Crippen molar-refractivity contribution in [2.45, 2.75) is 32.9 Å². The Balaban J connectivity index is 1.60. The summed E-state index contributed by atoms with van der Waals surface area (Å²) in [7, 11) is 1.77. The summed E-state index contributed by atoms with van der Waals surface area (Å²) in [6, 6.07) is 14.4. The van der Waals surface area contributed by atoms with E-state index in [4.69, 9.17) is 27.9 Å². The molecule has 2 N–H and O–H groups in total. The number of hydrogen-bond donors (Lipinski definition) is 2. The number of halogens is 2. The maximum absolute atomic E-state index is 13.9. The van der Waals surface area contributed by atoms with Gasteiger partial charge in [-0.25, -0.2) is 15.0 Å². The van der Waals surface area contributed by atoms with Gasteiger partial charge in [-0.05, 0) is 56.7 Å². The summed E-state index contributed by atoms with van der Waals surface area (Å²) in [5.74, 6) is -0.223. The standard InChI is InChI=1S/C27H26Cl2N4O3/c1-27(2,3)36-26(35)31-15-17-8-10-19(11-9-17)32-33(4)23-12-13-30-16-18(23)14-20(25(33)34)24-21(28)6-5-7-22(24)29/h5-14,16,32H,15H2,1-4H3/p+1. The van der Waals surface area contributed by atoms with Gasteiger partial charge in [-0.15, -0.1) is 4.59 Å². The number of fused-ring (bicyclic) bond motifs is 1. The van der Waals surface area contributed by atoms with Gasteiger partial charge >= 0.3 is 12.0 Å². The van der Waals surface area contributed by atoms with Gasteiger partial charge in [0.05, 0.1) is 26.9 Å². The molecule has 2 aromatic carbocycles. The van der Waals surface area contributed by atoms with Crippen LogP contribution in [-0.4, -0.2) is 29.6 Å². The van der Waals surface area contributed by atoms with Crippen LogP contribution in [0, 0.1) is 0 Å². The molecule has 7 nitrogen and oxygen atoms in total. The van der Waals surface area contributed by atoms with Gasteiger partial charge in [0.2, 0.25) is 0 Å². The molecule has 1 aliphatic rings. The zero-order chi connectivity index (χ0) is 26.1. The Morgan fingerprint density at radius 3 is 2.36 bits per heavy atom. The monoisotopic (exact) mass is 525 g/mol. The van der Waals surface area contributed by atoms with Crippen LogP contribution in [0.5, 0.6) is 0 Å². The molecule has 1 aliphatic heterocycles. The lowest BCUT2D eigenvalue weighted by Crippen LogP contribution is -2.57. The molecule has 0 aliphatic carbocycles. The van der Waals surface area contributed by atoms with E-state index < -0.39 is 11.7 Å². The number of carbonyl (C=O) groups excluding carboxylic acids is 2. The van der Waals surface area contributed by atoms with Crippen molar-refractivity contribution in [3.8, 4) is 0 Å². The van der Waals surface area contributed by atoms with Gasteiger partial charge in [0, 0.05) is 30.6 Å². The van der Waals surface area contributed by atoms with Gasteiger partial charge in [0.15, 0.2) is 5.69 Å². The molecule has 9 heteroatoms. The second-order valence-electron chi connectivity index (χ2n) is 9.56. The van der Waals surface area contributed by atoms with Crippen LogP contribution in [0.2, 0.25) is 10.0 Å². The maximum atomic E-state index is 13.9. The van der Waals surface area contributed by atoms with E-state index in [1.54, 1.807) is 49.8 Å². The lowest BCUT2D eigenvalue weighted by Gasteiger charge is -2.35. The largest absolute Gasteiger partial charge is 0.444 e. The average molecular weight is 526 g/mol. The number of aromatic nitrogens is 1. The minimum Gasteiger partial charge on any atom is -0.444 e. The second kappa shape index (κ2) is 9.93. The number of anilines is 1. The van der Waals surface area contributed by atoms with Gasteiger partial charge in [0.25, 0.3) is 0 Å². The van der Waals surface area contributed by atoms with Crippen molar-refractivity contribution in [3.63, 3.8) is 0 Å². The number of pyridine rings is 1. The quantitative estimate of drug-likeness (QED) is 0.373. The van der Waals surface area contributed by atoms with E-state index in [1.165, 1.54) is 0 Å². The zero-order valence-electron chi connectivity index (χ0n) is 20.4. The molecule has 4 rings (SSSR count). The van der Waals surface area contributed by atoms with E-state index in [1.807, 2.05) is 45.0 Å². The van der Waals surface area contributed by atoms with Crippen molar-refractivity contribution in [2.24, 2.45) is 0 Å². The minimum absolute atomic E-state index is 0.223. The van der Waals surface area contributed by atoms with Crippen LogP contribution < -0.4 is 15.3 Å². The maximum Gasteiger partial charge on any atom is 0.407 e. The predicted molar refractivity (Wildman–Crippen MR) is 144 cm³/mol. The third-order valence-corrected chi connectivity index (χ3v) is 6.25. The summed E-state index contributed by atoms with van der Waals surface area (Å²) >= 11 is 12.9. The number of amides is 2. The number of nitrogens with one attached hydrogen (secondary N) is 2. The minimum atomic E-state index is -0.564. The van der Waals surface area contributed by atoms with E-state index >= 15 is 0 Å². The summed E-state index contributed by atoms with van der Waals surface area (Å²) in [5, 5.41) is 3.52. The van der Waals surface area contributed by atoms with E-state index in [9.17, 15) is 9.59 Å². The molecule has 0 radical (unpaired) electrons. The topological polar surface area (TPSA) is 80.3 Å². The van der Waals surface area contributed by atoms with Crippen molar-refractivity contribution in [1.82, 2.24) is 14.9 Å². The molecule has 2 heterocycles. The van der Waals surface area contributed by atoms with Crippen LogP contribution in [0.3, 0.4) is 0 Å². The molecular weight excluding hydrogens is 499 g/mol. The van der Waals surface area contributed by atoms with E-state index in [0.29, 0.717) is 33.4 Å². The highest BCUT2D eigenvalue weighted by Crippen LogP contribution is 2.41. The third-order valence-electron chi connectivity index (χ3n) is 5.62. The Hall–Kier alpha value is -3.39. The van der Waals surface area contributed by atoms with Gasteiger partial charge in [-0.2, -0.15) is 0 Å². The van der Waals surface area contributed by atoms with Crippen LogP contribution in [0.1, 0.15) is 37.5 Å². The highest BCUT2D eigenvalue weighted by molar-refractivity contribution is 6.42. The number of quaternary nitrogens is 1. The number of benzene rings is 2. The summed E-state index contributed by atoms with van der Waals surface area (Å²) in [4.78, 5) is 30.1. The number of likely N-dealkylation sites (N-methyl/N-ethyl adjacent to an activating group) is 1. The van der Waals surface area contributed by atoms with Crippen LogP contribution in [0.4, 0.5) is 16.2 Å². The van der Waals surface area contributed by atoms with Gasteiger partial charge in [-0.3, -0.25) is 4.98 Å². The molecule has 0 saturated heterocycles. The number of nitrogens with zero attached hydrogens (tertiary/aromatic N) is 2. The molecule has 36 heavy (non-hydrogen) atoms. The fraction of sp³-hybridized carbons (Fsp3) is 0.222. The van der Waals surface area contributed by atoms with Crippen molar-refractivity contribution < 1.29 is 14.3 Å². The molecule has 1 atom stereocenters. The van der Waals surface area contributed by atoms with Gasteiger partial charge in [0.1, 0.15) is 12.6 Å². The molecule has 3 aromatic rings. The highest BCUT2D eigenvalue weighted by Gasteiger charge is 2.44. The van der Waals surface area contributed by atoms with Crippen molar-refractivity contribution in [1.29, 1.82) is 0 Å². The third kappa shape index (κ3) is 5.38. The fourth-order valence-electron chi connectivity index (χ4n) is 3.97. The van der Waals surface area contributed by atoms with Crippen molar-refractivity contribution >= 4 is 58.2 Å². The van der Waals surface area contributed by atoms with Gasteiger partial charge in [-0.1, -0.05) is 41.4 Å². The molecule has 186 valence electrons. The van der Waals surface area contributed by atoms with E-state index in [2.05, 4.69) is 15.7 Å². The Kier molecular flexibility index (Phi) is 7.09. The number of ether oxygens (including phenoxy) is 1. The number of alkyl carbamates (subject to hydrolysis) is 1. The van der Waals surface area contributed by atoms with Crippen LogP contribution >= 0.6 is 23.2 Å². The van der Waals surface area contributed by atoms with Crippen molar-refractivity contribution in [2.75, 3.05) is 12.5 Å². The molecule has 0 fully saturated rings. The van der Waals surface area contributed by atoms with Crippen LogP contribution in [-0.2, 0) is 16.1 Å². The lowest BCUT2D eigenvalue weighted by molar-refractivity contribution is -0.122. The summed E-state index contributed by atoms with van der Waals surface area (Å²) in [5.41, 5.74) is 6.75. The smallest absolute Gasteiger partial charge is 0.407 e. The number of hydrogen-bond acceptors (Lipinski definition) is 5. The lowest BCUT2D eigenvalue weighted by atomic mass is 9.96. The first-order chi connectivity index (χ1) is 17.0. The molecule has 1 aromatic heterocycles. The van der Waals surface area contributed by atoms with E-state index in [0.717, 1.165) is 16.8 Å². The predicted octanol–water partition coefficient (Wildman–Crippen LogP) is 6.46. The van der Waals surface area contributed by atoms with E-state index in [-0.39, 0.29) is 10.5 Å². The summed E-state index contributed by atoms with van der Waals surface area (Å²) in [6.07, 6.45) is 4.64. The molecule has 0 bridgehead atoms. The Bertz CT molecular complexity index is 1330. The molecule has 2 amide bonds. The average Bonchev–Trinajstić information content (AvgIpc) is 2.81. The highest BCUT2D eigenvalue weighted by atomic mass is 35.5. The Morgan fingerprint density at radius 1 is 1.06 bits per heavy atom. The second-order valence-corrected chi connectivity index (χ2v) is 10.4.